The highest BCUT2D eigenvalue weighted by Gasteiger charge is 2.55. The number of carbonyl (C=O) groups excluding carboxylic acids is 2. The van der Waals surface area contributed by atoms with E-state index in [0.717, 1.165) is 0 Å². The number of hydrogen-bond donors (Lipinski definition) is 0. The Kier molecular flexibility index (Phi) is 6.94. The number of nitrogens with zero attached hydrogens (tertiary/aromatic N) is 1. The normalized spacial score (nSPS) is 24.8. The molecular formula is C17H22ClNO5S. The molecule has 0 heterocycles. The van der Waals surface area contributed by atoms with E-state index in [4.69, 9.17) is 16.3 Å². The third kappa shape index (κ3) is 4.29. The van der Waals surface area contributed by atoms with Crippen LogP contribution < -0.4 is 0 Å². The molecule has 0 saturated carbocycles. The molecule has 0 fully saturated rings. The van der Waals surface area contributed by atoms with Gasteiger partial charge in [0.15, 0.2) is 9.84 Å². The van der Waals surface area contributed by atoms with E-state index >= 15 is 0 Å². The van der Waals surface area contributed by atoms with Crippen LogP contribution in [0.25, 0.3) is 0 Å². The van der Waals surface area contributed by atoms with E-state index in [1.165, 1.54) is 18.4 Å². The highest BCUT2D eigenvalue weighted by Crippen LogP contribution is 2.42. The van der Waals surface area contributed by atoms with E-state index in [2.05, 4.69) is 4.99 Å². The summed E-state index contributed by atoms with van der Waals surface area (Å²) < 4.78 is 31.1. The van der Waals surface area contributed by atoms with Crippen molar-refractivity contribution in [3.05, 3.63) is 36.6 Å². The van der Waals surface area contributed by atoms with Gasteiger partial charge in [0.1, 0.15) is 6.04 Å². The first-order valence-corrected chi connectivity index (χ1v) is 9.55. The van der Waals surface area contributed by atoms with Crippen LogP contribution in [-0.2, 0) is 24.2 Å². The lowest BCUT2D eigenvalue weighted by Gasteiger charge is -2.41. The molecule has 2 unspecified atom stereocenters. The molecule has 0 N–H and O–H groups in total. The Labute approximate surface area is 153 Å². The Morgan fingerprint density at radius 2 is 2.08 bits per heavy atom. The fraction of sp³-hybridized carbons (Fsp3) is 0.529. The summed E-state index contributed by atoms with van der Waals surface area (Å²) in [6.07, 6.45) is 10.3. The summed E-state index contributed by atoms with van der Waals surface area (Å²) in [5, 5.41) is -0.862. The van der Waals surface area contributed by atoms with E-state index in [1.54, 1.807) is 52.0 Å². The number of hydrogen-bond acceptors (Lipinski definition) is 6. The number of sulfone groups is 1. The molecule has 3 atom stereocenters. The summed E-state index contributed by atoms with van der Waals surface area (Å²) in [5.41, 5.74) is 0. The van der Waals surface area contributed by atoms with Crippen LogP contribution in [-0.4, -0.2) is 35.5 Å². The first kappa shape index (κ1) is 21.4. The maximum Gasteiger partial charge on any atom is 0.247 e. The number of carbonyl (C=O) groups is 1. The Morgan fingerprint density at radius 3 is 2.56 bits per heavy atom. The molecule has 0 bridgehead atoms. The number of halogens is 1. The van der Waals surface area contributed by atoms with E-state index in [-0.39, 0.29) is 6.42 Å². The molecule has 0 spiro atoms. The van der Waals surface area contributed by atoms with Gasteiger partial charge < -0.3 is 4.74 Å². The van der Waals surface area contributed by atoms with Crippen molar-refractivity contribution in [2.45, 2.75) is 49.8 Å². The van der Waals surface area contributed by atoms with E-state index in [9.17, 15) is 18.0 Å². The van der Waals surface area contributed by atoms with Gasteiger partial charge >= 0.3 is 0 Å². The number of rotatable bonds is 7. The monoisotopic (exact) mass is 387 g/mol. The summed E-state index contributed by atoms with van der Waals surface area (Å²) in [4.78, 5) is 23.7. The van der Waals surface area contributed by atoms with Gasteiger partial charge in [-0.2, -0.15) is 4.99 Å². The maximum absolute atomic E-state index is 13.3. The predicted molar refractivity (Wildman–Crippen MR) is 96.5 cm³/mol. The van der Waals surface area contributed by atoms with Gasteiger partial charge in [0.05, 0.1) is 11.0 Å². The molecule has 0 aromatic rings. The van der Waals surface area contributed by atoms with Gasteiger partial charge in [-0.25, -0.2) is 13.2 Å². The number of ether oxygens (including phenoxy) is 1. The lowest BCUT2D eigenvalue weighted by atomic mass is 9.90. The minimum absolute atomic E-state index is 0.106. The van der Waals surface area contributed by atoms with Gasteiger partial charge in [0.2, 0.25) is 16.3 Å². The zero-order valence-electron chi connectivity index (χ0n) is 14.6. The standard InChI is InChI=1S/C17H22ClNO5S/c1-5-10-24-17(25(22,23)16(2,3)4)9-7-6-8-13(17)11-14(15(18)21)19-12-20/h5-10,13-14H,11H2,1-4H3/t13?,14-,17?/m0/s1. The summed E-state index contributed by atoms with van der Waals surface area (Å²) in [5.74, 6) is -0.775. The van der Waals surface area contributed by atoms with Crippen LogP contribution in [0, 0.1) is 5.92 Å². The van der Waals surface area contributed by atoms with E-state index in [0.29, 0.717) is 0 Å². The molecule has 0 radical (unpaired) electrons. The van der Waals surface area contributed by atoms with Gasteiger partial charge in [-0.1, -0.05) is 24.3 Å². The predicted octanol–water partition coefficient (Wildman–Crippen LogP) is 3.05. The molecule has 0 aliphatic heterocycles. The second kappa shape index (κ2) is 8.13. The minimum atomic E-state index is -3.87. The third-order valence-electron chi connectivity index (χ3n) is 3.86. The molecule has 1 aliphatic carbocycles. The van der Waals surface area contributed by atoms with Crippen molar-refractivity contribution < 1.29 is 22.7 Å². The Balaban J connectivity index is 3.51. The zero-order chi connectivity index (χ0) is 19.3. The first-order chi connectivity index (χ1) is 11.5. The van der Waals surface area contributed by atoms with Gasteiger partial charge in [0, 0.05) is 5.92 Å². The van der Waals surface area contributed by atoms with Crippen molar-refractivity contribution in [2.75, 3.05) is 0 Å². The smallest absolute Gasteiger partial charge is 0.247 e. The summed E-state index contributed by atoms with van der Waals surface area (Å²) >= 11 is 5.49. The highest BCUT2D eigenvalue weighted by molar-refractivity contribution is 7.94. The van der Waals surface area contributed by atoms with Gasteiger partial charge in [0.25, 0.3) is 0 Å². The van der Waals surface area contributed by atoms with Gasteiger partial charge in [-0.15, -0.1) is 0 Å². The molecule has 25 heavy (non-hydrogen) atoms. The number of allylic oxidation sites excluding steroid dienone is 3. The van der Waals surface area contributed by atoms with Crippen molar-refractivity contribution >= 4 is 32.8 Å². The second-order valence-corrected chi connectivity index (χ2v) is 9.79. The van der Waals surface area contributed by atoms with Crippen molar-refractivity contribution in [1.29, 1.82) is 0 Å². The van der Waals surface area contributed by atoms with Crippen LogP contribution >= 0.6 is 11.6 Å². The molecular weight excluding hydrogens is 366 g/mol. The Hall–Kier alpha value is -1.69. The lowest BCUT2D eigenvalue weighted by Crippen LogP contribution is -2.53. The largest absolute Gasteiger partial charge is 0.475 e. The Morgan fingerprint density at radius 1 is 1.44 bits per heavy atom. The summed E-state index contributed by atoms with van der Waals surface area (Å²) in [6.45, 7) is 6.40. The van der Waals surface area contributed by atoms with Crippen molar-refractivity contribution in [1.82, 2.24) is 0 Å². The summed E-state index contributed by atoms with van der Waals surface area (Å²) in [6, 6.07) is -1.20. The van der Waals surface area contributed by atoms with Crippen LogP contribution in [0.5, 0.6) is 0 Å². The molecule has 8 heteroatoms. The van der Waals surface area contributed by atoms with Gasteiger partial charge in [-0.3, -0.25) is 4.79 Å². The minimum Gasteiger partial charge on any atom is -0.475 e. The van der Waals surface area contributed by atoms with E-state index in [1.807, 2.05) is 0 Å². The Bertz CT molecular complexity index is 739. The molecule has 1 rings (SSSR count). The van der Waals surface area contributed by atoms with Crippen LogP contribution in [0.4, 0.5) is 0 Å². The highest BCUT2D eigenvalue weighted by atomic mass is 35.5. The van der Waals surface area contributed by atoms with Crippen LogP contribution in [0.1, 0.15) is 34.1 Å². The van der Waals surface area contributed by atoms with Crippen molar-refractivity contribution in [3.63, 3.8) is 0 Å². The molecule has 6 nitrogen and oxygen atoms in total. The lowest BCUT2D eigenvalue weighted by molar-refractivity contribution is -0.113. The molecule has 0 aromatic carbocycles. The first-order valence-electron chi connectivity index (χ1n) is 7.69. The van der Waals surface area contributed by atoms with E-state index < -0.39 is 36.7 Å². The molecule has 0 amide bonds. The SMILES string of the molecule is CC=COC1(S(=O)(=O)C(C)(C)C)C=CC=CC1C[C@H](N=C=O)C(=O)Cl. The van der Waals surface area contributed by atoms with Crippen LogP contribution in [0.2, 0.25) is 0 Å². The van der Waals surface area contributed by atoms with Crippen LogP contribution in [0.3, 0.4) is 0 Å². The summed E-state index contributed by atoms with van der Waals surface area (Å²) in [7, 11) is -3.87. The molecule has 0 saturated heterocycles. The quantitative estimate of drug-likeness (QED) is 0.290. The second-order valence-electron chi connectivity index (χ2n) is 6.55. The van der Waals surface area contributed by atoms with Crippen molar-refractivity contribution in [2.24, 2.45) is 10.9 Å². The van der Waals surface area contributed by atoms with Gasteiger partial charge in [-0.05, 0) is 51.8 Å². The number of isocyanates is 1. The third-order valence-corrected chi connectivity index (χ3v) is 7.10. The zero-order valence-corrected chi connectivity index (χ0v) is 16.2. The fourth-order valence-corrected chi connectivity index (χ4v) is 4.63. The van der Waals surface area contributed by atoms with Crippen LogP contribution in [0.15, 0.2) is 41.6 Å². The molecule has 1 aliphatic rings. The fourth-order valence-electron chi connectivity index (χ4n) is 2.52. The van der Waals surface area contributed by atoms with Crippen molar-refractivity contribution in [3.8, 4) is 0 Å². The topological polar surface area (TPSA) is 89.9 Å². The maximum atomic E-state index is 13.3. The average Bonchev–Trinajstić information content (AvgIpc) is 2.52. The molecule has 0 aromatic heterocycles. The average molecular weight is 388 g/mol. The number of aliphatic imine (C=N–C) groups is 1. The molecule has 138 valence electrons.